The van der Waals surface area contributed by atoms with Gasteiger partial charge in [-0.3, -0.25) is 4.90 Å². The molecule has 1 aliphatic rings. The standard InChI is InChI=1S/C13H24N4O/c1-3-5-13-15-12(16-18-13)9-17-7-4-6-11(8-17)10(2)14/h10-11H,3-9,14H2,1-2H3. The van der Waals surface area contributed by atoms with Crippen LogP contribution in [0.5, 0.6) is 0 Å². The highest BCUT2D eigenvalue weighted by molar-refractivity contribution is 4.88. The normalized spacial score (nSPS) is 23.2. The van der Waals surface area contributed by atoms with E-state index in [1.165, 1.54) is 12.8 Å². The summed E-state index contributed by atoms with van der Waals surface area (Å²) in [7, 11) is 0. The van der Waals surface area contributed by atoms with E-state index < -0.39 is 0 Å². The Labute approximate surface area is 109 Å². The number of aromatic nitrogens is 2. The van der Waals surface area contributed by atoms with E-state index in [4.69, 9.17) is 10.3 Å². The van der Waals surface area contributed by atoms with Crippen LogP contribution in [0, 0.1) is 5.92 Å². The first kappa shape index (κ1) is 13.5. The van der Waals surface area contributed by atoms with E-state index in [2.05, 4.69) is 28.9 Å². The van der Waals surface area contributed by atoms with Crippen LogP contribution in [0.1, 0.15) is 44.8 Å². The van der Waals surface area contributed by atoms with Crippen LogP contribution in [0.25, 0.3) is 0 Å². The third-order valence-corrected chi connectivity index (χ3v) is 3.62. The number of nitrogens with zero attached hydrogens (tertiary/aromatic N) is 3. The van der Waals surface area contributed by atoms with Crippen molar-refractivity contribution in [1.82, 2.24) is 15.0 Å². The number of hydrogen-bond acceptors (Lipinski definition) is 5. The molecule has 2 rings (SSSR count). The van der Waals surface area contributed by atoms with Gasteiger partial charge in [0, 0.05) is 19.0 Å². The predicted molar refractivity (Wildman–Crippen MR) is 69.9 cm³/mol. The van der Waals surface area contributed by atoms with Crippen LogP contribution in [0.2, 0.25) is 0 Å². The van der Waals surface area contributed by atoms with E-state index in [1.807, 2.05) is 0 Å². The van der Waals surface area contributed by atoms with Crippen molar-refractivity contribution in [1.29, 1.82) is 0 Å². The SMILES string of the molecule is CCCc1nc(CN2CCCC(C(C)N)C2)no1. The van der Waals surface area contributed by atoms with Gasteiger partial charge in [0.15, 0.2) is 5.82 Å². The Morgan fingerprint density at radius 3 is 3.11 bits per heavy atom. The van der Waals surface area contributed by atoms with E-state index in [0.717, 1.165) is 44.2 Å². The van der Waals surface area contributed by atoms with Gasteiger partial charge in [0.05, 0.1) is 6.54 Å². The fraction of sp³-hybridized carbons (Fsp3) is 0.846. The van der Waals surface area contributed by atoms with Crippen molar-refractivity contribution in [2.75, 3.05) is 13.1 Å². The van der Waals surface area contributed by atoms with E-state index >= 15 is 0 Å². The molecule has 1 aromatic heterocycles. The van der Waals surface area contributed by atoms with E-state index in [-0.39, 0.29) is 6.04 Å². The summed E-state index contributed by atoms with van der Waals surface area (Å²) in [5.41, 5.74) is 5.99. The molecular weight excluding hydrogens is 228 g/mol. The molecule has 0 saturated carbocycles. The molecule has 0 aromatic carbocycles. The third kappa shape index (κ3) is 3.53. The zero-order valence-electron chi connectivity index (χ0n) is 11.4. The minimum atomic E-state index is 0.272. The fourth-order valence-electron chi connectivity index (χ4n) is 2.53. The summed E-state index contributed by atoms with van der Waals surface area (Å²) in [4.78, 5) is 6.80. The number of hydrogen-bond donors (Lipinski definition) is 1. The molecule has 2 heterocycles. The molecule has 5 nitrogen and oxygen atoms in total. The minimum Gasteiger partial charge on any atom is -0.339 e. The Morgan fingerprint density at radius 1 is 1.56 bits per heavy atom. The van der Waals surface area contributed by atoms with E-state index in [0.29, 0.717) is 5.92 Å². The molecule has 2 unspecified atom stereocenters. The summed E-state index contributed by atoms with van der Waals surface area (Å²) in [5.74, 6) is 2.16. The lowest BCUT2D eigenvalue weighted by Gasteiger charge is -2.33. The molecule has 0 amide bonds. The molecule has 1 aliphatic heterocycles. The van der Waals surface area contributed by atoms with Crippen molar-refractivity contribution in [3.63, 3.8) is 0 Å². The predicted octanol–water partition coefficient (Wildman–Crippen LogP) is 1.58. The molecule has 102 valence electrons. The van der Waals surface area contributed by atoms with Crippen LogP contribution >= 0.6 is 0 Å². The van der Waals surface area contributed by atoms with Gasteiger partial charge in [-0.15, -0.1) is 0 Å². The number of piperidine rings is 1. The first-order valence-corrected chi connectivity index (χ1v) is 6.98. The average molecular weight is 252 g/mol. The van der Waals surface area contributed by atoms with Crippen LogP contribution in [0.4, 0.5) is 0 Å². The lowest BCUT2D eigenvalue weighted by molar-refractivity contribution is 0.150. The molecule has 0 radical (unpaired) electrons. The van der Waals surface area contributed by atoms with Gasteiger partial charge in [-0.1, -0.05) is 12.1 Å². The second-order valence-electron chi connectivity index (χ2n) is 5.35. The Balaban J connectivity index is 1.87. The summed E-state index contributed by atoms with van der Waals surface area (Å²) < 4.78 is 5.21. The van der Waals surface area contributed by atoms with Gasteiger partial charge in [0.2, 0.25) is 5.89 Å². The van der Waals surface area contributed by atoms with Gasteiger partial charge in [-0.2, -0.15) is 4.98 Å². The van der Waals surface area contributed by atoms with Crippen LogP contribution < -0.4 is 5.73 Å². The molecule has 18 heavy (non-hydrogen) atoms. The topological polar surface area (TPSA) is 68.2 Å². The van der Waals surface area contributed by atoms with Crippen LogP contribution in [0.3, 0.4) is 0 Å². The third-order valence-electron chi connectivity index (χ3n) is 3.62. The molecule has 0 spiro atoms. The highest BCUT2D eigenvalue weighted by Crippen LogP contribution is 2.19. The van der Waals surface area contributed by atoms with E-state index in [9.17, 15) is 0 Å². The molecular formula is C13H24N4O. The largest absolute Gasteiger partial charge is 0.339 e. The van der Waals surface area contributed by atoms with Crippen molar-refractivity contribution in [3.8, 4) is 0 Å². The number of nitrogens with two attached hydrogens (primary N) is 1. The van der Waals surface area contributed by atoms with E-state index in [1.54, 1.807) is 0 Å². The smallest absolute Gasteiger partial charge is 0.226 e. The first-order chi connectivity index (χ1) is 8.69. The Kier molecular flexibility index (Phi) is 4.72. The summed E-state index contributed by atoms with van der Waals surface area (Å²) in [6.45, 7) is 7.16. The van der Waals surface area contributed by atoms with Crippen molar-refractivity contribution in [3.05, 3.63) is 11.7 Å². The fourth-order valence-corrected chi connectivity index (χ4v) is 2.53. The first-order valence-electron chi connectivity index (χ1n) is 6.98. The highest BCUT2D eigenvalue weighted by atomic mass is 16.5. The minimum absolute atomic E-state index is 0.272. The summed E-state index contributed by atoms with van der Waals surface area (Å²) in [6.07, 6.45) is 4.36. The summed E-state index contributed by atoms with van der Waals surface area (Å²) in [5, 5.41) is 4.04. The zero-order valence-corrected chi connectivity index (χ0v) is 11.4. The molecule has 0 aliphatic carbocycles. The Bertz CT molecular complexity index is 364. The van der Waals surface area contributed by atoms with Gasteiger partial charge in [-0.05, 0) is 38.6 Å². The van der Waals surface area contributed by atoms with Crippen molar-refractivity contribution in [2.24, 2.45) is 11.7 Å². The Morgan fingerprint density at radius 2 is 2.39 bits per heavy atom. The van der Waals surface area contributed by atoms with Crippen LogP contribution in [-0.4, -0.2) is 34.2 Å². The van der Waals surface area contributed by atoms with Crippen molar-refractivity contribution < 1.29 is 4.52 Å². The van der Waals surface area contributed by atoms with Crippen molar-refractivity contribution in [2.45, 2.75) is 52.1 Å². The molecule has 1 aromatic rings. The van der Waals surface area contributed by atoms with Gasteiger partial charge >= 0.3 is 0 Å². The number of rotatable bonds is 5. The quantitative estimate of drug-likeness (QED) is 0.861. The van der Waals surface area contributed by atoms with Crippen LogP contribution in [0.15, 0.2) is 4.52 Å². The van der Waals surface area contributed by atoms with Crippen molar-refractivity contribution >= 4 is 0 Å². The molecule has 1 saturated heterocycles. The maximum Gasteiger partial charge on any atom is 0.226 e. The molecule has 1 fully saturated rings. The summed E-state index contributed by atoms with van der Waals surface area (Å²) in [6, 6.07) is 0.272. The zero-order chi connectivity index (χ0) is 13.0. The molecule has 5 heteroatoms. The maximum absolute atomic E-state index is 5.99. The lowest BCUT2D eigenvalue weighted by atomic mass is 9.92. The number of likely N-dealkylation sites (tertiary alicyclic amines) is 1. The summed E-state index contributed by atoms with van der Waals surface area (Å²) >= 11 is 0. The second kappa shape index (κ2) is 6.29. The lowest BCUT2D eigenvalue weighted by Crippen LogP contribution is -2.42. The highest BCUT2D eigenvalue weighted by Gasteiger charge is 2.23. The molecule has 2 N–H and O–H groups in total. The van der Waals surface area contributed by atoms with Gasteiger partial charge in [-0.25, -0.2) is 0 Å². The monoisotopic (exact) mass is 252 g/mol. The van der Waals surface area contributed by atoms with Gasteiger partial charge in [0.1, 0.15) is 0 Å². The average Bonchev–Trinajstić information content (AvgIpc) is 2.77. The van der Waals surface area contributed by atoms with Crippen LogP contribution in [-0.2, 0) is 13.0 Å². The second-order valence-corrected chi connectivity index (χ2v) is 5.35. The van der Waals surface area contributed by atoms with Gasteiger partial charge < -0.3 is 10.3 Å². The maximum atomic E-state index is 5.99. The van der Waals surface area contributed by atoms with Gasteiger partial charge in [0.25, 0.3) is 0 Å². The number of aryl methyl sites for hydroxylation is 1. The molecule has 2 atom stereocenters. The molecule has 0 bridgehead atoms. The Hall–Kier alpha value is -0.940.